The maximum absolute atomic E-state index is 13.5. The van der Waals surface area contributed by atoms with Crippen LogP contribution in [0.15, 0.2) is 72.8 Å². The van der Waals surface area contributed by atoms with Crippen LogP contribution in [0.4, 0.5) is 18.0 Å². The van der Waals surface area contributed by atoms with Gasteiger partial charge in [-0.25, -0.2) is 4.79 Å². The molecule has 0 spiro atoms. The molecule has 0 radical (unpaired) electrons. The second kappa shape index (κ2) is 8.58. The number of amides is 2. The zero-order valence-corrected chi connectivity index (χ0v) is 18.1. The number of urea groups is 1. The van der Waals surface area contributed by atoms with Crippen molar-refractivity contribution < 1.29 is 18.0 Å². The molecule has 3 nitrogen and oxygen atoms in total. The van der Waals surface area contributed by atoms with Crippen LogP contribution in [0, 0.1) is 0 Å². The lowest BCUT2D eigenvalue weighted by Gasteiger charge is -2.39. The first-order valence-electron chi connectivity index (χ1n) is 11.3. The molecule has 33 heavy (non-hydrogen) atoms. The van der Waals surface area contributed by atoms with E-state index < -0.39 is 17.8 Å². The highest BCUT2D eigenvalue weighted by atomic mass is 19.4. The second-order valence-corrected chi connectivity index (χ2v) is 8.76. The number of nitrogens with one attached hydrogen (secondary N) is 1. The van der Waals surface area contributed by atoms with E-state index >= 15 is 0 Å². The fraction of sp³-hybridized carbons (Fsp3) is 0.296. The van der Waals surface area contributed by atoms with Crippen LogP contribution in [0.3, 0.4) is 0 Å². The van der Waals surface area contributed by atoms with Gasteiger partial charge in [-0.1, -0.05) is 60.7 Å². The molecule has 0 aromatic heterocycles. The van der Waals surface area contributed by atoms with Crippen LogP contribution < -0.4 is 5.32 Å². The number of carbonyl (C=O) groups is 1. The molecule has 0 bridgehead atoms. The zero-order valence-electron chi connectivity index (χ0n) is 18.1. The summed E-state index contributed by atoms with van der Waals surface area (Å²) in [5.74, 6) is 0. The summed E-state index contributed by atoms with van der Waals surface area (Å²) in [5.41, 5.74) is 4.48. The van der Waals surface area contributed by atoms with Crippen LogP contribution in [0.1, 0.15) is 58.3 Å². The summed E-state index contributed by atoms with van der Waals surface area (Å²) < 4.78 is 39.3. The quantitative estimate of drug-likeness (QED) is 0.479. The number of benzene rings is 3. The van der Waals surface area contributed by atoms with Crippen LogP contribution in [-0.4, -0.2) is 17.5 Å². The molecule has 2 atom stereocenters. The van der Waals surface area contributed by atoms with E-state index in [0.717, 1.165) is 48.1 Å². The number of fused-ring (bicyclic) bond motifs is 2. The molecule has 1 heterocycles. The Hall–Kier alpha value is -3.28. The number of nitrogens with zero attached hydrogens (tertiary/aromatic N) is 1. The lowest BCUT2D eigenvalue weighted by Crippen LogP contribution is -2.47. The SMILES string of the molecule is O=C(NC1CCCc2ccccc21)N1CCc2ccccc2[C@H]1c1ccc(C(F)(F)F)cc1. The second-order valence-electron chi connectivity index (χ2n) is 8.76. The number of hydrogen-bond donors (Lipinski definition) is 1. The van der Waals surface area contributed by atoms with Crippen molar-refractivity contribution in [3.8, 4) is 0 Å². The Labute approximate surface area is 191 Å². The van der Waals surface area contributed by atoms with Crippen LogP contribution in [0.2, 0.25) is 0 Å². The van der Waals surface area contributed by atoms with Crippen molar-refractivity contribution in [2.75, 3.05) is 6.54 Å². The molecule has 0 fully saturated rings. The van der Waals surface area contributed by atoms with Gasteiger partial charge in [-0.3, -0.25) is 0 Å². The van der Waals surface area contributed by atoms with Gasteiger partial charge in [0, 0.05) is 6.54 Å². The third kappa shape index (κ3) is 4.22. The predicted octanol–water partition coefficient (Wildman–Crippen LogP) is 6.44. The summed E-state index contributed by atoms with van der Waals surface area (Å²) in [6, 6.07) is 20.5. The fourth-order valence-electron chi connectivity index (χ4n) is 5.14. The molecule has 2 aliphatic rings. The van der Waals surface area contributed by atoms with Gasteiger partial charge in [0.15, 0.2) is 0 Å². The molecule has 1 aliphatic carbocycles. The largest absolute Gasteiger partial charge is 0.416 e. The average molecular weight is 451 g/mol. The molecule has 1 N–H and O–H groups in total. The molecule has 2 amide bonds. The van der Waals surface area contributed by atoms with Gasteiger partial charge in [0.2, 0.25) is 0 Å². The Kier molecular flexibility index (Phi) is 5.60. The van der Waals surface area contributed by atoms with E-state index in [0.29, 0.717) is 18.5 Å². The first-order chi connectivity index (χ1) is 15.9. The summed E-state index contributed by atoms with van der Waals surface area (Å²) in [5, 5.41) is 3.22. The molecule has 0 saturated carbocycles. The number of halogens is 3. The third-order valence-corrected chi connectivity index (χ3v) is 6.77. The maximum Gasteiger partial charge on any atom is 0.416 e. The lowest BCUT2D eigenvalue weighted by molar-refractivity contribution is -0.137. The van der Waals surface area contributed by atoms with Crippen LogP contribution >= 0.6 is 0 Å². The topological polar surface area (TPSA) is 32.3 Å². The van der Waals surface area contributed by atoms with Crippen molar-refractivity contribution in [1.82, 2.24) is 10.2 Å². The van der Waals surface area contributed by atoms with Gasteiger partial charge in [0.1, 0.15) is 0 Å². The maximum atomic E-state index is 13.5. The van der Waals surface area contributed by atoms with E-state index in [-0.39, 0.29) is 12.1 Å². The Morgan fingerprint density at radius 2 is 1.48 bits per heavy atom. The Morgan fingerprint density at radius 3 is 2.18 bits per heavy atom. The summed E-state index contributed by atoms with van der Waals surface area (Å²) >= 11 is 0. The number of rotatable bonds is 2. The first kappa shape index (κ1) is 21.6. The summed E-state index contributed by atoms with van der Waals surface area (Å²) in [4.78, 5) is 15.3. The Balaban J connectivity index is 1.47. The number of aryl methyl sites for hydroxylation is 1. The van der Waals surface area contributed by atoms with Gasteiger partial charge in [-0.2, -0.15) is 13.2 Å². The van der Waals surface area contributed by atoms with Crippen molar-refractivity contribution in [1.29, 1.82) is 0 Å². The van der Waals surface area contributed by atoms with Crippen LogP contribution in [-0.2, 0) is 19.0 Å². The van der Waals surface area contributed by atoms with E-state index in [2.05, 4.69) is 17.4 Å². The summed E-state index contributed by atoms with van der Waals surface area (Å²) in [6.07, 6.45) is -0.796. The van der Waals surface area contributed by atoms with Gasteiger partial charge >= 0.3 is 12.2 Å². The van der Waals surface area contributed by atoms with E-state index in [9.17, 15) is 18.0 Å². The molecule has 170 valence electrons. The van der Waals surface area contributed by atoms with Gasteiger partial charge < -0.3 is 10.2 Å². The Morgan fingerprint density at radius 1 is 0.848 bits per heavy atom. The Bertz CT molecular complexity index is 1160. The van der Waals surface area contributed by atoms with Crippen molar-refractivity contribution in [2.24, 2.45) is 0 Å². The highest BCUT2D eigenvalue weighted by Crippen LogP contribution is 2.38. The minimum Gasteiger partial charge on any atom is -0.331 e. The van der Waals surface area contributed by atoms with E-state index in [4.69, 9.17) is 0 Å². The summed E-state index contributed by atoms with van der Waals surface area (Å²) in [7, 11) is 0. The molecule has 5 rings (SSSR count). The molecule has 1 aliphatic heterocycles. The van der Waals surface area contributed by atoms with Gasteiger partial charge in [-0.15, -0.1) is 0 Å². The van der Waals surface area contributed by atoms with Crippen molar-refractivity contribution in [3.05, 3.63) is 106 Å². The fourth-order valence-corrected chi connectivity index (χ4v) is 5.14. The van der Waals surface area contributed by atoms with Crippen LogP contribution in [0.25, 0.3) is 0 Å². The number of carbonyl (C=O) groups excluding carboxylic acids is 1. The third-order valence-electron chi connectivity index (χ3n) is 6.77. The predicted molar refractivity (Wildman–Crippen MR) is 121 cm³/mol. The molecular formula is C27H25F3N2O. The lowest BCUT2D eigenvalue weighted by atomic mass is 9.87. The van der Waals surface area contributed by atoms with Gasteiger partial charge in [0.05, 0.1) is 17.6 Å². The molecular weight excluding hydrogens is 425 g/mol. The van der Waals surface area contributed by atoms with Crippen molar-refractivity contribution in [3.63, 3.8) is 0 Å². The van der Waals surface area contributed by atoms with Gasteiger partial charge in [0.25, 0.3) is 0 Å². The molecule has 0 saturated heterocycles. The van der Waals surface area contributed by atoms with E-state index in [1.54, 1.807) is 4.90 Å². The van der Waals surface area contributed by atoms with Crippen molar-refractivity contribution >= 4 is 6.03 Å². The highest BCUT2D eigenvalue weighted by molar-refractivity contribution is 5.76. The molecule has 1 unspecified atom stereocenters. The molecule has 3 aromatic rings. The smallest absolute Gasteiger partial charge is 0.331 e. The van der Waals surface area contributed by atoms with E-state index in [1.807, 2.05) is 36.4 Å². The number of hydrogen-bond acceptors (Lipinski definition) is 1. The number of alkyl halides is 3. The van der Waals surface area contributed by atoms with Gasteiger partial charge in [-0.05, 0) is 65.6 Å². The summed E-state index contributed by atoms with van der Waals surface area (Å²) in [6.45, 7) is 0.503. The molecule has 3 aromatic carbocycles. The van der Waals surface area contributed by atoms with E-state index in [1.165, 1.54) is 17.7 Å². The molecule has 6 heteroatoms. The normalized spacial score (nSPS) is 20.0. The van der Waals surface area contributed by atoms with Crippen molar-refractivity contribution in [2.45, 2.75) is 43.9 Å². The minimum absolute atomic E-state index is 0.0622. The first-order valence-corrected chi connectivity index (χ1v) is 11.3. The highest BCUT2D eigenvalue weighted by Gasteiger charge is 2.35. The zero-order chi connectivity index (χ0) is 23.0. The monoisotopic (exact) mass is 450 g/mol. The average Bonchev–Trinajstić information content (AvgIpc) is 2.83. The minimum atomic E-state index is -4.39. The standard InChI is InChI=1S/C27H25F3N2O/c28-27(29,30)21-14-12-20(13-15-21)25-23-10-4-2-7-19(23)16-17-32(25)26(33)31-24-11-5-8-18-6-1-3-9-22(18)24/h1-4,6-7,9-10,12-15,24-25H,5,8,11,16-17H2,(H,31,33)/t24?,25-/m1/s1. The van der Waals surface area contributed by atoms with Crippen LogP contribution in [0.5, 0.6) is 0 Å².